The van der Waals surface area contributed by atoms with Gasteiger partial charge in [-0.15, -0.1) is 0 Å². The van der Waals surface area contributed by atoms with Crippen molar-refractivity contribution in [2.75, 3.05) is 23.0 Å². The average Bonchev–Trinajstić information content (AvgIpc) is 3.58. The molecule has 3 atom stereocenters. The summed E-state index contributed by atoms with van der Waals surface area (Å²) < 4.78 is 11.4. The highest BCUT2D eigenvalue weighted by Gasteiger charge is 2.61. The number of amides is 3. The fourth-order valence-corrected chi connectivity index (χ4v) is 8.11. The first-order valence-electron chi connectivity index (χ1n) is 15.8. The van der Waals surface area contributed by atoms with Gasteiger partial charge in [0.2, 0.25) is 17.7 Å². The summed E-state index contributed by atoms with van der Waals surface area (Å²) >= 11 is 0. The number of hydrogen-bond donors (Lipinski definition) is 0. The van der Waals surface area contributed by atoms with Gasteiger partial charge in [0, 0.05) is 24.8 Å². The number of nitrogens with zero attached hydrogens (tertiary/aromatic N) is 2. The van der Waals surface area contributed by atoms with E-state index in [2.05, 4.69) is 24.3 Å². The molecule has 0 aromatic heterocycles. The predicted octanol–water partition coefficient (Wildman–Crippen LogP) is 5.75. The molecule has 8 nitrogen and oxygen atoms in total. The van der Waals surface area contributed by atoms with Crippen molar-refractivity contribution in [2.24, 2.45) is 17.8 Å². The maximum Gasteiger partial charge on any atom is 0.316 e. The number of imide groups is 1. The number of aryl methyl sites for hydroxylation is 1. The third-order valence-corrected chi connectivity index (χ3v) is 9.99. The van der Waals surface area contributed by atoms with Gasteiger partial charge in [0.15, 0.2) is 0 Å². The van der Waals surface area contributed by atoms with Crippen LogP contribution in [0.15, 0.2) is 91.0 Å². The van der Waals surface area contributed by atoms with E-state index in [-0.39, 0.29) is 42.5 Å². The van der Waals surface area contributed by atoms with Gasteiger partial charge in [-0.05, 0) is 72.0 Å². The molecule has 2 fully saturated rings. The second-order valence-corrected chi connectivity index (χ2v) is 12.5. The Labute approximate surface area is 266 Å². The van der Waals surface area contributed by atoms with Crippen molar-refractivity contribution in [3.8, 4) is 11.5 Å². The highest BCUT2D eigenvalue weighted by molar-refractivity contribution is 6.23. The molecule has 3 amide bonds. The first-order chi connectivity index (χ1) is 22.4. The Hall–Kier alpha value is -5.24. The van der Waals surface area contributed by atoms with Crippen LogP contribution in [-0.4, -0.2) is 36.8 Å². The van der Waals surface area contributed by atoms with Crippen LogP contribution in [0.2, 0.25) is 0 Å². The first kappa shape index (κ1) is 28.2. The number of benzene rings is 4. The van der Waals surface area contributed by atoms with Gasteiger partial charge in [0.25, 0.3) is 0 Å². The summed E-state index contributed by atoms with van der Waals surface area (Å²) in [6.07, 6.45) is 0.0308. The summed E-state index contributed by atoms with van der Waals surface area (Å²) in [4.78, 5) is 57.4. The lowest BCUT2D eigenvalue weighted by Crippen LogP contribution is -2.41. The molecule has 4 aromatic carbocycles. The standard InChI is InChI=1S/C38H32N2O6/c1-3-45-30-15-9-8-14-29(30)39-20-22(19-31(39)41)38(44)46-23-16-17-28(21(2)18-23)40-36(42)34-32-24-10-4-5-11-25(24)33(35(34)37(40)43)27-13-7-6-12-26(27)32/h4-18,22,32-35H,3,19-20H2,1-2H3/t22-,32?,33?,34+,35+/m1/s1. The van der Waals surface area contributed by atoms with Crippen molar-refractivity contribution < 1.29 is 28.7 Å². The predicted molar refractivity (Wildman–Crippen MR) is 171 cm³/mol. The number of carbonyl (C=O) groups excluding carboxylic acids is 4. The minimum Gasteiger partial charge on any atom is -0.492 e. The van der Waals surface area contributed by atoms with Crippen LogP contribution in [0.3, 0.4) is 0 Å². The summed E-state index contributed by atoms with van der Waals surface area (Å²) in [6.45, 7) is 4.32. The van der Waals surface area contributed by atoms with Crippen molar-refractivity contribution in [1.82, 2.24) is 0 Å². The molecular formula is C38H32N2O6. The van der Waals surface area contributed by atoms with Crippen molar-refractivity contribution in [3.63, 3.8) is 0 Å². The number of hydrogen-bond acceptors (Lipinski definition) is 6. The van der Waals surface area contributed by atoms with Gasteiger partial charge in [0.05, 0.1) is 35.7 Å². The molecule has 3 aliphatic carbocycles. The molecule has 230 valence electrons. The van der Waals surface area contributed by atoms with Crippen LogP contribution in [0.4, 0.5) is 11.4 Å². The summed E-state index contributed by atoms with van der Waals surface area (Å²) in [6, 6.07) is 28.6. The number of anilines is 2. The van der Waals surface area contributed by atoms with Crippen LogP contribution >= 0.6 is 0 Å². The Bertz CT molecular complexity index is 1840. The maximum atomic E-state index is 14.2. The van der Waals surface area contributed by atoms with Gasteiger partial charge in [-0.2, -0.15) is 0 Å². The number of esters is 1. The molecule has 4 aromatic rings. The summed E-state index contributed by atoms with van der Waals surface area (Å²) in [7, 11) is 0. The normalized spacial score (nSPS) is 24.1. The first-order valence-corrected chi connectivity index (χ1v) is 15.8. The fraction of sp³-hybridized carbons (Fsp3) is 0.263. The highest BCUT2D eigenvalue weighted by Crippen LogP contribution is 2.61. The lowest BCUT2D eigenvalue weighted by Gasteiger charge is -2.45. The molecular weight excluding hydrogens is 580 g/mol. The van der Waals surface area contributed by atoms with E-state index in [0.717, 1.165) is 22.3 Å². The third-order valence-electron chi connectivity index (χ3n) is 9.99. The van der Waals surface area contributed by atoms with E-state index in [9.17, 15) is 19.2 Å². The van der Waals surface area contributed by atoms with E-state index in [1.165, 1.54) is 4.90 Å². The van der Waals surface area contributed by atoms with E-state index in [4.69, 9.17) is 9.47 Å². The Morgan fingerprint density at radius 2 is 1.33 bits per heavy atom. The molecule has 2 bridgehead atoms. The molecule has 2 aliphatic heterocycles. The number of para-hydroxylation sites is 2. The smallest absolute Gasteiger partial charge is 0.316 e. The highest BCUT2D eigenvalue weighted by atomic mass is 16.5. The molecule has 0 radical (unpaired) electrons. The molecule has 0 saturated carbocycles. The largest absolute Gasteiger partial charge is 0.492 e. The molecule has 46 heavy (non-hydrogen) atoms. The van der Waals surface area contributed by atoms with Gasteiger partial charge in [-0.25, -0.2) is 4.90 Å². The number of carbonyl (C=O) groups is 4. The van der Waals surface area contributed by atoms with E-state index < -0.39 is 23.7 Å². The third kappa shape index (κ3) is 4.12. The van der Waals surface area contributed by atoms with Gasteiger partial charge in [-0.1, -0.05) is 60.7 Å². The minimum absolute atomic E-state index is 0.0308. The summed E-state index contributed by atoms with van der Waals surface area (Å²) in [5, 5.41) is 0. The fourth-order valence-electron chi connectivity index (χ4n) is 8.11. The second kappa shape index (κ2) is 10.7. The summed E-state index contributed by atoms with van der Waals surface area (Å²) in [5.41, 5.74) is 6.26. The zero-order chi connectivity index (χ0) is 31.7. The molecule has 2 heterocycles. The second-order valence-electron chi connectivity index (χ2n) is 12.5. The van der Waals surface area contributed by atoms with Crippen molar-refractivity contribution in [1.29, 1.82) is 0 Å². The quantitative estimate of drug-likeness (QED) is 0.157. The Morgan fingerprint density at radius 3 is 1.89 bits per heavy atom. The van der Waals surface area contributed by atoms with Crippen molar-refractivity contribution in [3.05, 3.63) is 119 Å². The van der Waals surface area contributed by atoms with Crippen molar-refractivity contribution in [2.45, 2.75) is 32.1 Å². The molecule has 9 rings (SSSR count). The SMILES string of the molecule is CCOc1ccccc1N1C[C@H](C(=O)Oc2ccc(N3C(=O)[C@H]4C5c6ccccc6C(c6ccccc65)[C@@H]4C3=O)c(C)c2)CC1=O. The molecule has 0 spiro atoms. The van der Waals surface area contributed by atoms with Crippen LogP contribution in [0.5, 0.6) is 11.5 Å². The summed E-state index contributed by atoms with van der Waals surface area (Å²) in [5.74, 6) is -2.16. The molecule has 0 N–H and O–H groups in total. The Balaban J connectivity index is 1.03. The minimum atomic E-state index is -0.647. The van der Waals surface area contributed by atoms with Gasteiger partial charge >= 0.3 is 5.97 Å². The van der Waals surface area contributed by atoms with Crippen LogP contribution in [0.1, 0.15) is 53.0 Å². The van der Waals surface area contributed by atoms with Crippen LogP contribution < -0.4 is 19.3 Å². The van der Waals surface area contributed by atoms with E-state index in [1.807, 2.05) is 43.3 Å². The van der Waals surface area contributed by atoms with Gasteiger partial charge in [-0.3, -0.25) is 19.2 Å². The van der Waals surface area contributed by atoms with Crippen LogP contribution in [-0.2, 0) is 19.2 Å². The Kier molecular flexibility index (Phi) is 6.56. The lowest BCUT2D eigenvalue weighted by atomic mass is 9.55. The van der Waals surface area contributed by atoms with E-state index in [1.54, 1.807) is 42.2 Å². The molecule has 5 aliphatic rings. The molecule has 2 saturated heterocycles. The molecule has 0 unspecified atom stereocenters. The van der Waals surface area contributed by atoms with Crippen LogP contribution in [0.25, 0.3) is 0 Å². The van der Waals surface area contributed by atoms with Crippen LogP contribution in [0, 0.1) is 24.7 Å². The number of rotatable bonds is 6. The van der Waals surface area contributed by atoms with Crippen molar-refractivity contribution >= 4 is 35.1 Å². The van der Waals surface area contributed by atoms with E-state index in [0.29, 0.717) is 35.0 Å². The zero-order valence-electron chi connectivity index (χ0n) is 25.5. The molecule has 8 heteroatoms. The lowest BCUT2D eigenvalue weighted by molar-refractivity contribution is -0.139. The zero-order valence-corrected chi connectivity index (χ0v) is 25.5. The maximum absolute atomic E-state index is 14.2. The average molecular weight is 613 g/mol. The van der Waals surface area contributed by atoms with Gasteiger partial charge < -0.3 is 14.4 Å². The topological polar surface area (TPSA) is 93.2 Å². The Morgan fingerprint density at radius 1 is 0.761 bits per heavy atom. The van der Waals surface area contributed by atoms with E-state index >= 15 is 0 Å². The monoisotopic (exact) mass is 612 g/mol. The van der Waals surface area contributed by atoms with Gasteiger partial charge in [0.1, 0.15) is 11.5 Å². The number of ether oxygens (including phenoxy) is 2.